The smallest absolute Gasteiger partial charge is 0.306 e. The van der Waals surface area contributed by atoms with Gasteiger partial charge in [-0.1, -0.05) is 54.4 Å². The van der Waals surface area contributed by atoms with Crippen molar-refractivity contribution in [1.82, 2.24) is 0 Å². The minimum Gasteiger partial charge on any atom is -0.462 e. The summed E-state index contributed by atoms with van der Waals surface area (Å²) in [6, 6.07) is 0. The molecule has 0 amide bonds. The van der Waals surface area contributed by atoms with Gasteiger partial charge in [-0.3, -0.25) is 9.59 Å². The van der Waals surface area contributed by atoms with E-state index in [1.54, 1.807) is 0 Å². The Hall–Kier alpha value is -1.06. The summed E-state index contributed by atoms with van der Waals surface area (Å²) in [4.78, 5) is 24.8. The molecule has 2 rings (SSSR count). The Morgan fingerprint density at radius 3 is 1.39 bits per heavy atom. The molecule has 0 bridgehead atoms. The fourth-order valence-corrected chi connectivity index (χ4v) is 5.16. The van der Waals surface area contributed by atoms with Crippen LogP contribution in [0.3, 0.4) is 0 Å². The molecule has 0 aliphatic heterocycles. The molecule has 2 saturated carbocycles. The van der Waals surface area contributed by atoms with E-state index in [2.05, 4.69) is 41.5 Å². The molecule has 2 aliphatic carbocycles. The van der Waals surface area contributed by atoms with Crippen LogP contribution in [0, 0.1) is 35.5 Å². The number of carbonyl (C=O) groups excluding carboxylic acids is 2. The first kappa shape index (κ1) is 23.2. The van der Waals surface area contributed by atoms with Gasteiger partial charge in [0, 0.05) is 0 Å². The molecule has 2 fully saturated rings. The van der Waals surface area contributed by atoms with E-state index >= 15 is 0 Å². The minimum atomic E-state index is -0.251. The molecule has 4 heteroatoms. The van der Waals surface area contributed by atoms with Crippen LogP contribution in [0.25, 0.3) is 0 Å². The minimum absolute atomic E-state index is 0.00298. The van der Waals surface area contributed by atoms with Gasteiger partial charge in [-0.2, -0.15) is 0 Å². The van der Waals surface area contributed by atoms with Crippen LogP contribution >= 0.6 is 0 Å². The zero-order valence-electron chi connectivity index (χ0n) is 18.9. The Morgan fingerprint density at radius 1 is 0.714 bits per heavy atom. The fourth-order valence-electron chi connectivity index (χ4n) is 5.16. The topological polar surface area (TPSA) is 52.6 Å². The third kappa shape index (κ3) is 6.77. The summed E-state index contributed by atoms with van der Waals surface area (Å²) < 4.78 is 11.6. The van der Waals surface area contributed by atoms with E-state index in [4.69, 9.17) is 9.47 Å². The summed E-state index contributed by atoms with van der Waals surface area (Å²) >= 11 is 0. The van der Waals surface area contributed by atoms with E-state index in [9.17, 15) is 9.59 Å². The van der Waals surface area contributed by atoms with Crippen LogP contribution in [-0.2, 0) is 19.1 Å². The lowest BCUT2D eigenvalue weighted by molar-refractivity contribution is -0.163. The summed E-state index contributed by atoms with van der Waals surface area (Å²) in [5.41, 5.74) is 0. The Bertz CT molecular complexity index is 467. The van der Waals surface area contributed by atoms with Gasteiger partial charge in [-0.05, 0) is 61.2 Å². The number of carbonyl (C=O) groups is 2. The first-order chi connectivity index (χ1) is 13.2. The Kier molecular flexibility index (Phi) is 8.82. The number of esters is 2. The van der Waals surface area contributed by atoms with Crippen molar-refractivity contribution in [2.24, 2.45) is 35.5 Å². The lowest BCUT2D eigenvalue weighted by Crippen LogP contribution is -2.36. The first-order valence-electron chi connectivity index (χ1n) is 11.6. The van der Waals surface area contributed by atoms with Gasteiger partial charge in [0.05, 0.1) is 12.8 Å². The van der Waals surface area contributed by atoms with Gasteiger partial charge in [0.1, 0.15) is 12.2 Å². The van der Waals surface area contributed by atoms with Crippen LogP contribution in [0.2, 0.25) is 0 Å². The van der Waals surface area contributed by atoms with Crippen LogP contribution in [0.4, 0.5) is 0 Å². The highest BCUT2D eigenvalue weighted by molar-refractivity contribution is 5.77. The van der Waals surface area contributed by atoms with Gasteiger partial charge in [0.25, 0.3) is 0 Å². The molecular weight excluding hydrogens is 352 g/mol. The molecule has 6 atom stereocenters. The van der Waals surface area contributed by atoms with Gasteiger partial charge < -0.3 is 9.47 Å². The van der Waals surface area contributed by atoms with E-state index in [1.165, 1.54) is 12.8 Å². The van der Waals surface area contributed by atoms with Crippen LogP contribution in [0.1, 0.15) is 92.9 Å². The quantitative estimate of drug-likeness (QED) is 0.514. The molecule has 0 aromatic heterocycles. The monoisotopic (exact) mass is 394 g/mol. The highest BCUT2D eigenvalue weighted by Crippen LogP contribution is 2.36. The molecule has 2 aliphatic rings. The molecule has 0 heterocycles. The summed E-state index contributed by atoms with van der Waals surface area (Å²) in [6.07, 6.45) is 6.79. The molecule has 0 unspecified atom stereocenters. The van der Waals surface area contributed by atoms with Crippen LogP contribution < -0.4 is 0 Å². The van der Waals surface area contributed by atoms with Crippen molar-refractivity contribution in [2.75, 3.05) is 0 Å². The Labute approximate surface area is 172 Å². The highest BCUT2D eigenvalue weighted by Gasteiger charge is 2.35. The molecule has 4 nitrogen and oxygen atoms in total. The van der Waals surface area contributed by atoms with Crippen molar-refractivity contribution >= 4 is 11.9 Å². The predicted molar refractivity (Wildman–Crippen MR) is 112 cm³/mol. The zero-order chi connectivity index (χ0) is 20.8. The van der Waals surface area contributed by atoms with E-state index in [0.29, 0.717) is 35.5 Å². The van der Waals surface area contributed by atoms with Gasteiger partial charge in [-0.15, -0.1) is 0 Å². The second kappa shape index (κ2) is 10.6. The number of rotatable bonds is 7. The third-order valence-electron chi connectivity index (χ3n) is 7.02. The van der Waals surface area contributed by atoms with Gasteiger partial charge in [0.15, 0.2) is 0 Å². The molecule has 28 heavy (non-hydrogen) atoms. The van der Waals surface area contributed by atoms with Crippen molar-refractivity contribution in [3.8, 4) is 0 Å². The second-order valence-corrected chi connectivity index (χ2v) is 10.2. The van der Waals surface area contributed by atoms with Gasteiger partial charge >= 0.3 is 11.9 Å². The first-order valence-corrected chi connectivity index (χ1v) is 11.6. The summed E-state index contributed by atoms with van der Waals surface area (Å²) in [7, 11) is 0. The molecular formula is C24H42O4. The fraction of sp³-hybridized carbons (Fsp3) is 0.917. The molecule has 0 N–H and O–H groups in total. The molecule has 162 valence electrons. The van der Waals surface area contributed by atoms with E-state index in [1.807, 2.05) is 0 Å². The van der Waals surface area contributed by atoms with E-state index in [-0.39, 0.29) is 37.0 Å². The van der Waals surface area contributed by atoms with Crippen molar-refractivity contribution in [2.45, 2.75) is 105 Å². The van der Waals surface area contributed by atoms with Crippen LogP contribution in [-0.4, -0.2) is 24.1 Å². The number of hydrogen-bond acceptors (Lipinski definition) is 4. The molecule has 0 aromatic carbocycles. The largest absolute Gasteiger partial charge is 0.462 e. The van der Waals surface area contributed by atoms with Gasteiger partial charge in [-0.25, -0.2) is 0 Å². The summed E-state index contributed by atoms with van der Waals surface area (Å²) in [5.74, 6) is 2.58. The van der Waals surface area contributed by atoms with E-state index in [0.717, 1.165) is 25.7 Å². The summed E-state index contributed by atoms with van der Waals surface area (Å²) in [6.45, 7) is 13.3. The van der Waals surface area contributed by atoms with Gasteiger partial charge in [0.2, 0.25) is 0 Å². The van der Waals surface area contributed by atoms with Crippen molar-refractivity contribution in [3.63, 3.8) is 0 Å². The number of hydrogen-bond donors (Lipinski definition) is 0. The lowest BCUT2D eigenvalue weighted by Gasteiger charge is -2.37. The molecule has 0 radical (unpaired) electrons. The predicted octanol–water partition coefficient (Wildman–Crippen LogP) is 5.77. The SMILES string of the molecule is CC(C)[C@H]1CC[C@@H](C)C[C@H]1OC(=O)CCC(=O)O[C@@H]1C[C@@H](C)CC[C@@H]1C(C)C. The Balaban J connectivity index is 1.80. The van der Waals surface area contributed by atoms with Crippen molar-refractivity contribution in [1.29, 1.82) is 0 Å². The molecule has 0 aromatic rings. The lowest BCUT2D eigenvalue weighted by atomic mass is 9.75. The number of ether oxygens (including phenoxy) is 2. The van der Waals surface area contributed by atoms with Crippen molar-refractivity contribution < 1.29 is 19.1 Å². The Morgan fingerprint density at radius 2 is 1.07 bits per heavy atom. The average molecular weight is 395 g/mol. The highest BCUT2D eigenvalue weighted by atomic mass is 16.6. The second-order valence-electron chi connectivity index (χ2n) is 10.2. The van der Waals surface area contributed by atoms with Crippen molar-refractivity contribution in [3.05, 3.63) is 0 Å². The zero-order valence-corrected chi connectivity index (χ0v) is 18.9. The molecule has 0 spiro atoms. The molecule has 0 saturated heterocycles. The maximum atomic E-state index is 12.4. The van der Waals surface area contributed by atoms with E-state index < -0.39 is 0 Å². The maximum absolute atomic E-state index is 12.4. The maximum Gasteiger partial charge on any atom is 0.306 e. The standard InChI is InChI=1S/C24H42O4/c1-15(2)19-9-7-17(5)13-21(19)27-23(25)11-12-24(26)28-22-14-18(6)8-10-20(22)16(3)4/h15-22H,7-14H2,1-6H3/t17-,18+,19-,20-,21-,22-/m1/s1. The third-order valence-corrected chi connectivity index (χ3v) is 7.02. The normalized spacial score (nSPS) is 33.7. The van der Waals surface area contributed by atoms with Crippen LogP contribution in [0.15, 0.2) is 0 Å². The van der Waals surface area contributed by atoms with Crippen LogP contribution in [0.5, 0.6) is 0 Å². The summed E-state index contributed by atoms with van der Waals surface area (Å²) in [5, 5.41) is 0. The average Bonchev–Trinajstić information content (AvgIpc) is 2.59.